The van der Waals surface area contributed by atoms with Gasteiger partial charge in [-0.3, -0.25) is 9.69 Å². The summed E-state index contributed by atoms with van der Waals surface area (Å²) in [7, 11) is 3.23. The van der Waals surface area contributed by atoms with Crippen LogP contribution in [0.15, 0.2) is 36.4 Å². The molecule has 1 saturated heterocycles. The van der Waals surface area contributed by atoms with Crippen molar-refractivity contribution in [3.05, 3.63) is 59.2 Å². The summed E-state index contributed by atoms with van der Waals surface area (Å²) in [6.45, 7) is 3.46. The van der Waals surface area contributed by atoms with Crippen molar-refractivity contribution >= 4 is 5.91 Å². The van der Waals surface area contributed by atoms with E-state index in [1.807, 2.05) is 18.2 Å². The second-order valence-corrected chi connectivity index (χ2v) is 6.70. The van der Waals surface area contributed by atoms with Crippen molar-refractivity contribution in [2.45, 2.75) is 6.42 Å². The minimum absolute atomic E-state index is 0.178. The molecule has 28 heavy (non-hydrogen) atoms. The minimum atomic E-state index is -1.00. The predicted octanol–water partition coefficient (Wildman–Crippen LogP) is 2.98. The van der Waals surface area contributed by atoms with E-state index < -0.39 is 11.6 Å². The highest BCUT2D eigenvalue weighted by molar-refractivity contribution is 5.94. The third-order valence-corrected chi connectivity index (χ3v) is 4.99. The van der Waals surface area contributed by atoms with Crippen LogP contribution in [-0.2, 0) is 6.42 Å². The number of amides is 1. The van der Waals surface area contributed by atoms with E-state index in [4.69, 9.17) is 9.47 Å². The molecular formula is C21H24F2N2O3. The molecule has 0 atom stereocenters. The number of piperazine rings is 1. The molecule has 0 aromatic heterocycles. The van der Waals surface area contributed by atoms with E-state index in [0.717, 1.165) is 43.8 Å². The third kappa shape index (κ3) is 4.59. The van der Waals surface area contributed by atoms with E-state index in [9.17, 15) is 13.6 Å². The maximum Gasteiger partial charge on any atom is 0.254 e. The molecule has 0 saturated carbocycles. The van der Waals surface area contributed by atoms with Gasteiger partial charge in [0.2, 0.25) is 0 Å². The van der Waals surface area contributed by atoms with Gasteiger partial charge in [-0.25, -0.2) is 8.78 Å². The molecule has 1 amide bonds. The average molecular weight is 390 g/mol. The Hall–Kier alpha value is -2.67. The lowest BCUT2D eigenvalue weighted by Crippen LogP contribution is -2.49. The van der Waals surface area contributed by atoms with Crippen molar-refractivity contribution in [3.63, 3.8) is 0 Å². The molecule has 0 unspecified atom stereocenters. The fourth-order valence-corrected chi connectivity index (χ4v) is 3.31. The van der Waals surface area contributed by atoms with E-state index >= 15 is 0 Å². The Kier molecular flexibility index (Phi) is 6.46. The molecule has 1 fully saturated rings. The summed E-state index contributed by atoms with van der Waals surface area (Å²) in [5.41, 5.74) is 1.33. The lowest BCUT2D eigenvalue weighted by atomic mass is 10.1. The molecule has 3 rings (SSSR count). The molecule has 5 nitrogen and oxygen atoms in total. The van der Waals surface area contributed by atoms with E-state index in [1.165, 1.54) is 6.07 Å². The molecule has 0 N–H and O–H groups in total. The summed E-state index contributed by atoms with van der Waals surface area (Å²) < 4.78 is 37.0. The molecule has 1 aliphatic rings. The number of benzene rings is 2. The minimum Gasteiger partial charge on any atom is -0.493 e. The van der Waals surface area contributed by atoms with Gasteiger partial charge >= 0.3 is 0 Å². The molecule has 150 valence electrons. The Balaban J connectivity index is 1.51. The molecule has 2 aromatic rings. The SMILES string of the molecule is COc1ccc(CCN2CCN(C(=O)c3ccc(F)c(F)c3)CC2)cc1OC. The van der Waals surface area contributed by atoms with Gasteiger partial charge in [0, 0.05) is 38.3 Å². The number of nitrogens with zero attached hydrogens (tertiary/aromatic N) is 2. The van der Waals surface area contributed by atoms with Gasteiger partial charge in [0.05, 0.1) is 14.2 Å². The van der Waals surface area contributed by atoms with Crippen molar-refractivity contribution in [1.29, 1.82) is 0 Å². The van der Waals surface area contributed by atoms with Crippen LogP contribution in [0.4, 0.5) is 8.78 Å². The topological polar surface area (TPSA) is 42.0 Å². The van der Waals surface area contributed by atoms with Gasteiger partial charge in [0.25, 0.3) is 5.91 Å². The number of carbonyl (C=O) groups excluding carboxylic acids is 1. The highest BCUT2D eigenvalue weighted by atomic mass is 19.2. The second-order valence-electron chi connectivity index (χ2n) is 6.70. The monoisotopic (exact) mass is 390 g/mol. The Morgan fingerprint density at radius 2 is 1.64 bits per heavy atom. The van der Waals surface area contributed by atoms with E-state index in [0.29, 0.717) is 24.6 Å². The first-order valence-corrected chi connectivity index (χ1v) is 9.19. The van der Waals surface area contributed by atoms with Crippen LogP contribution in [0.1, 0.15) is 15.9 Å². The molecule has 1 aliphatic heterocycles. The van der Waals surface area contributed by atoms with Crippen molar-refractivity contribution in [2.24, 2.45) is 0 Å². The van der Waals surface area contributed by atoms with Gasteiger partial charge in [-0.15, -0.1) is 0 Å². The summed E-state index contributed by atoms with van der Waals surface area (Å²) in [5, 5.41) is 0. The van der Waals surface area contributed by atoms with Crippen LogP contribution in [0.2, 0.25) is 0 Å². The summed E-state index contributed by atoms with van der Waals surface area (Å²) in [6.07, 6.45) is 0.859. The van der Waals surface area contributed by atoms with Crippen LogP contribution < -0.4 is 9.47 Å². The van der Waals surface area contributed by atoms with Crippen molar-refractivity contribution < 1.29 is 23.0 Å². The summed E-state index contributed by atoms with van der Waals surface area (Å²) in [4.78, 5) is 16.4. The lowest BCUT2D eigenvalue weighted by molar-refractivity contribution is 0.0638. The van der Waals surface area contributed by atoms with Gasteiger partial charge in [-0.05, 0) is 42.3 Å². The highest BCUT2D eigenvalue weighted by Gasteiger charge is 2.22. The Labute approximate surface area is 163 Å². The maximum atomic E-state index is 13.4. The van der Waals surface area contributed by atoms with E-state index in [-0.39, 0.29) is 11.5 Å². The largest absolute Gasteiger partial charge is 0.493 e. The van der Waals surface area contributed by atoms with Crippen LogP contribution in [0.5, 0.6) is 11.5 Å². The van der Waals surface area contributed by atoms with Crippen LogP contribution >= 0.6 is 0 Å². The van der Waals surface area contributed by atoms with Crippen LogP contribution in [0.25, 0.3) is 0 Å². The Bertz CT molecular complexity index is 836. The highest BCUT2D eigenvalue weighted by Crippen LogP contribution is 2.27. The van der Waals surface area contributed by atoms with Gasteiger partial charge < -0.3 is 14.4 Å². The third-order valence-electron chi connectivity index (χ3n) is 4.99. The number of rotatable bonds is 6. The zero-order chi connectivity index (χ0) is 20.1. The fourth-order valence-electron chi connectivity index (χ4n) is 3.31. The molecule has 0 spiro atoms. The maximum absolute atomic E-state index is 13.4. The zero-order valence-electron chi connectivity index (χ0n) is 16.1. The number of carbonyl (C=O) groups is 1. The van der Waals surface area contributed by atoms with Crippen molar-refractivity contribution in [2.75, 3.05) is 46.9 Å². The number of hydrogen-bond donors (Lipinski definition) is 0. The number of methoxy groups -OCH3 is 2. The quantitative estimate of drug-likeness (QED) is 0.761. The van der Waals surface area contributed by atoms with Gasteiger partial charge in [-0.2, -0.15) is 0 Å². The number of halogens is 2. The molecule has 0 radical (unpaired) electrons. The normalized spacial score (nSPS) is 14.8. The van der Waals surface area contributed by atoms with Gasteiger partial charge in [0.15, 0.2) is 23.1 Å². The molecule has 7 heteroatoms. The van der Waals surface area contributed by atoms with Crippen molar-refractivity contribution in [1.82, 2.24) is 9.80 Å². The molecule has 2 aromatic carbocycles. The Morgan fingerprint density at radius 1 is 0.929 bits per heavy atom. The summed E-state index contributed by atoms with van der Waals surface area (Å²) in [5.74, 6) is -0.799. The second kappa shape index (κ2) is 9.01. The zero-order valence-corrected chi connectivity index (χ0v) is 16.1. The average Bonchev–Trinajstić information content (AvgIpc) is 2.73. The molecule has 0 bridgehead atoms. The van der Waals surface area contributed by atoms with E-state index in [1.54, 1.807) is 19.1 Å². The first-order chi connectivity index (χ1) is 13.5. The van der Waals surface area contributed by atoms with Crippen LogP contribution in [0, 0.1) is 11.6 Å². The molecule has 0 aliphatic carbocycles. The molecular weight excluding hydrogens is 366 g/mol. The number of hydrogen-bond acceptors (Lipinski definition) is 4. The summed E-state index contributed by atoms with van der Waals surface area (Å²) in [6, 6.07) is 9.16. The number of ether oxygens (including phenoxy) is 2. The van der Waals surface area contributed by atoms with Gasteiger partial charge in [0.1, 0.15) is 0 Å². The summed E-state index contributed by atoms with van der Waals surface area (Å²) >= 11 is 0. The smallest absolute Gasteiger partial charge is 0.254 e. The predicted molar refractivity (Wildman–Crippen MR) is 102 cm³/mol. The van der Waals surface area contributed by atoms with Crippen molar-refractivity contribution in [3.8, 4) is 11.5 Å². The standard InChI is InChI=1S/C21H24F2N2O3/c1-27-19-6-3-15(13-20(19)28-2)7-8-24-9-11-25(12-10-24)21(26)16-4-5-17(22)18(23)14-16/h3-6,13-14H,7-12H2,1-2H3. The first kappa shape index (κ1) is 20.1. The van der Waals surface area contributed by atoms with Gasteiger partial charge in [-0.1, -0.05) is 6.07 Å². The lowest BCUT2D eigenvalue weighted by Gasteiger charge is -2.34. The molecule has 1 heterocycles. The Morgan fingerprint density at radius 3 is 2.29 bits per heavy atom. The first-order valence-electron chi connectivity index (χ1n) is 9.19. The van der Waals surface area contributed by atoms with Crippen LogP contribution in [0.3, 0.4) is 0 Å². The van der Waals surface area contributed by atoms with E-state index in [2.05, 4.69) is 4.90 Å². The van der Waals surface area contributed by atoms with Crippen LogP contribution in [-0.4, -0.2) is 62.7 Å². The fraction of sp³-hybridized carbons (Fsp3) is 0.381.